The molecule has 1 atom stereocenters. The Morgan fingerprint density at radius 1 is 1.30 bits per heavy atom. The van der Waals surface area contributed by atoms with Gasteiger partial charge in [-0.3, -0.25) is 4.79 Å². The molecule has 3 nitrogen and oxygen atoms in total. The molecule has 1 aromatic carbocycles. The average Bonchev–Trinajstić information content (AvgIpc) is 2.37. The molecule has 106 valence electrons. The third kappa shape index (κ3) is 3.48. The van der Waals surface area contributed by atoms with Gasteiger partial charge in [0.1, 0.15) is 5.69 Å². The maximum absolute atomic E-state index is 12.2. The fourth-order valence-electron chi connectivity index (χ4n) is 2.31. The quantitative estimate of drug-likeness (QED) is 0.923. The van der Waals surface area contributed by atoms with E-state index in [0.29, 0.717) is 16.6 Å². The molecule has 0 saturated heterocycles. The van der Waals surface area contributed by atoms with Crippen LogP contribution in [0.5, 0.6) is 0 Å². The van der Waals surface area contributed by atoms with Gasteiger partial charge in [0.05, 0.1) is 10.5 Å². The fraction of sp³-hybridized carbons (Fsp3) is 0.375. The van der Waals surface area contributed by atoms with Crippen molar-refractivity contribution in [3.63, 3.8) is 0 Å². The van der Waals surface area contributed by atoms with E-state index in [1.54, 1.807) is 6.07 Å². The van der Waals surface area contributed by atoms with Crippen LogP contribution in [0.2, 0.25) is 5.02 Å². The molecule has 20 heavy (non-hydrogen) atoms. The molecule has 0 radical (unpaired) electrons. The van der Waals surface area contributed by atoms with Crippen LogP contribution in [-0.2, 0) is 0 Å². The zero-order chi connectivity index (χ0) is 14.7. The number of carbonyl (C=O) groups is 1. The molecule has 0 aliphatic heterocycles. The zero-order valence-electron chi connectivity index (χ0n) is 12.0. The van der Waals surface area contributed by atoms with Gasteiger partial charge < -0.3 is 5.32 Å². The number of halogens is 1. The van der Waals surface area contributed by atoms with Crippen molar-refractivity contribution < 1.29 is 4.79 Å². The van der Waals surface area contributed by atoms with Crippen LogP contribution in [0.3, 0.4) is 0 Å². The maximum Gasteiger partial charge on any atom is 0.270 e. The van der Waals surface area contributed by atoms with Gasteiger partial charge in [-0.2, -0.15) is 0 Å². The van der Waals surface area contributed by atoms with Crippen molar-refractivity contribution >= 4 is 28.4 Å². The number of aromatic nitrogens is 1. The molecule has 1 N–H and O–H groups in total. The normalized spacial score (nSPS) is 12.7. The molecule has 2 rings (SSSR count). The summed E-state index contributed by atoms with van der Waals surface area (Å²) in [5, 5.41) is 4.37. The van der Waals surface area contributed by atoms with Gasteiger partial charge in [0.2, 0.25) is 0 Å². The molecule has 1 unspecified atom stereocenters. The highest BCUT2D eigenvalue weighted by Gasteiger charge is 2.14. The number of benzene rings is 1. The first-order valence-corrected chi connectivity index (χ1v) is 7.21. The summed E-state index contributed by atoms with van der Waals surface area (Å²) in [6.07, 6.45) is 0.938. The van der Waals surface area contributed by atoms with E-state index >= 15 is 0 Å². The molecule has 0 aliphatic carbocycles. The molecule has 0 spiro atoms. The Morgan fingerprint density at radius 2 is 2.00 bits per heavy atom. The first kappa shape index (κ1) is 14.8. The van der Waals surface area contributed by atoms with Crippen molar-refractivity contribution in [3.8, 4) is 0 Å². The van der Waals surface area contributed by atoms with Crippen molar-refractivity contribution in [2.75, 3.05) is 0 Å². The van der Waals surface area contributed by atoms with E-state index < -0.39 is 0 Å². The van der Waals surface area contributed by atoms with Gasteiger partial charge in [-0.05, 0) is 31.4 Å². The Bertz CT molecular complexity index is 625. The first-order valence-electron chi connectivity index (χ1n) is 6.83. The van der Waals surface area contributed by atoms with Crippen molar-refractivity contribution in [2.45, 2.75) is 33.2 Å². The molecule has 2 aromatic rings. The number of amides is 1. The standard InChI is InChI=1S/C16H19ClN2O/c1-10(2)8-11(3)18-16(20)15-9-13(17)12-6-4-5-7-14(12)19-15/h4-7,9-11H,8H2,1-3H3,(H,18,20). The largest absolute Gasteiger partial charge is 0.348 e. The average molecular weight is 291 g/mol. The van der Waals surface area contributed by atoms with E-state index in [1.165, 1.54) is 0 Å². The number of nitrogens with one attached hydrogen (secondary N) is 1. The number of nitrogens with zero attached hydrogens (tertiary/aromatic N) is 1. The molecule has 1 amide bonds. The van der Waals surface area contributed by atoms with Crippen LogP contribution in [0.15, 0.2) is 30.3 Å². The van der Waals surface area contributed by atoms with Crippen LogP contribution in [0.1, 0.15) is 37.7 Å². The highest BCUT2D eigenvalue weighted by atomic mass is 35.5. The fourth-order valence-corrected chi connectivity index (χ4v) is 2.58. The van der Waals surface area contributed by atoms with Crippen LogP contribution in [-0.4, -0.2) is 16.9 Å². The van der Waals surface area contributed by atoms with Gasteiger partial charge >= 0.3 is 0 Å². The lowest BCUT2D eigenvalue weighted by Crippen LogP contribution is -2.34. The van der Waals surface area contributed by atoms with Crippen LogP contribution >= 0.6 is 11.6 Å². The highest BCUT2D eigenvalue weighted by Crippen LogP contribution is 2.22. The minimum atomic E-state index is -0.175. The molecule has 1 aromatic heterocycles. The van der Waals surface area contributed by atoms with E-state index in [9.17, 15) is 4.79 Å². The van der Waals surface area contributed by atoms with Gasteiger partial charge in [-0.15, -0.1) is 0 Å². The Labute approximate surface area is 124 Å². The topological polar surface area (TPSA) is 42.0 Å². The molecule has 0 aliphatic rings. The van der Waals surface area contributed by atoms with E-state index in [2.05, 4.69) is 24.1 Å². The number of hydrogen-bond acceptors (Lipinski definition) is 2. The molecule has 4 heteroatoms. The van der Waals surface area contributed by atoms with E-state index in [4.69, 9.17) is 11.6 Å². The minimum absolute atomic E-state index is 0.120. The summed E-state index contributed by atoms with van der Waals surface area (Å²) in [7, 11) is 0. The first-order chi connectivity index (χ1) is 9.47. The highest BCUT2D eigenvalue weighted by molar-refractivity contribution is 6.35. The Hall–Kier alpha value is -1.61. The van der Waals surface area contributed by atoms with Crippen LogP contribution in [0.25, 0.3) is 10.9 Å². The molecule has 0 fully saturated rings. The smallest absolute Gasteiger partial charge is 0.270 e. The van der Waals surface area contributed by atoms with Crippen molar-refractivity contribution in [3.05, 3.63) is 41.0 Å². The summed E-state index contributed by atoms with van der Waals surface area (Å²) in [5.41, 5.74) is 1.10. The third-order valence-electron chi connectivity index (χ3n) is 3.10. The second kappa shape index (κ2) is 6.23. The molecule has 0 bridgehead atoms. The summed E-state index contributed by atoms with van der Waals surface area (Å²) in [4.78, 5) is 16.6. The van der Waals surface area contributed by atoms with Crippen LogP contribution in [0, 0.1) is 5.92 Å². The van der Waals surface area contributed by atoms with Gasteiger partial charge in [-0.25, -0.2) is 4.98 Å². The van der Waals surface area contributed by atoms with Crippen molar-refractivity contribution in [1.29, 1.82) is 0 Å². The number of fused-ring (bicyclic) bond motifs is 1. The van der Waals surface area contributed by atoms with E-state index in [-0.39, 0.29) is 11.9 Å². The summed E-state index contributed by atoms with van der Waals surface area (Å²) < 4.78 is 0. The number of carbonyl (C=O) groups excluding carboxylic acids is 1. The predicted molar refractivity (Wildman–Crippen MR) is 83.1 cm³/mol. The van der Waals surface area contributed by atoms with Crippen LogP contribution < -0.4 is 5.32 Å². The summed E-state index contributed by atoms with van der Waals surface area (Å²) in [5.74, 6) is 0.365. The Balaban J connectivity index is 2.22. The number of pyridine rings is 1. The number of hydrogen-bond donors (Lipinski definition) is 1. The molecular weight excluding hydrogens is 272 g/mol. The maximum atomic E-state index is 12.2. The Kier molecular flexibility index (Phi) is 4.61. The van der Waals surface area contributed by atoms with Gasteiger partial charge in [-0.1, -0.05) is 43.6 Å². The summed E-state index contributed by atoms with van der Waals surface area (Å²) >= 11 is 6.21. The SMILES string of the molecule is CC(C)CC(C)NC(=O)c1cc(Cl)c2ccccc2n1. The number of rotatable bonds is 4. The summed E-state index contributed by atoms with van der Waals surface area (Å²) in [6, 6.07) is 9.29. The van der Waals surface area contributed by atoms with Crippen molar-refractivity contribution in [2.24, 2.45) is 5.92 Å². The van der Waals surface area contributed by atoms with E-state index in [1.807, 2.05) is 31.2 Å². The summed E-state index contributed by atoms with van der Waals surface area (Å²) in [6.45, 7) is 6.27. The molecule has 0 saturated carbocycles. The van der Waals surface area contributed by atoms with E-state index in [0.717, 1.165) is 17.3 Å². The van der Waals surface area contributed by atoms with Crippen LogP contribution in [0.4, 0.5) is 0 Å². The van der Waals surface area contributed by atoms with Crippen molar-refractivity contribution in [1.82, 2.24) is 10.3 Å². The minimum Gasteiger partial charge on any atom is -0.348 e. The zero-order valence-corrected chi connectivity index (χ0v) is 12.7. The lowest BCUT2D eigenvalue weighted by atomic mass is 10.1. The monoisotopic (exact) mass is 290 g/mol. The Morgan fingerprint density at radius 3 is 2.70 bits per heavy atom. The number of para-hydroxylation sites is 1. The van der Waals surface area contributed by atoms with Gasteiger partial charge in [0, 0.05) is 11.4 Å². The lowest BCUT2D eigenvalue weighted by Gasteiger charge is -2.15. The third-order valence-corrected chi connectivity index (χ3v) is 3.41. The predicted octanol–water partition coefficient (Wildman–Crippen LogP) is 4.05. The molecule has 1 heterocycles. The van der Waals surface area contributed by atoms with Gasteiger partial charge in [0.25, 0.3) is 5.91 Å². The lowest BCUT2D eigenvalue weighted by molar-refractivity contribution is 0.0931. The second-order valence-corrected chi connectivity index (χ2v) is 5.92. The molecular formula is C16H19ClN2O. The second-order valence-electron chi connectivity index (χ2n) is 5.51. The van der Waals surface area contributed by atoms with Gasteiger partial charge in [0.15, 0.2) is 0 Å².